The molecule has 1 heterocycles. The minimum Gasteiger partial charge on any atom is -0.460 e. The highest BCUT2D eigenvalue weighted by atomic mass is 16.6. The number of ether oxygens (including phenoxy) is 2. The van der Waals surface area contributed by atoms with E-state index in [-0.39, 0.29) is 25.9 Å². The lowest BCUT2D eigenvalue weighted by atomic mass is 9.43. The Balaban J connectivity index is 1.80. The molecule has 0 amide bonds. The molecular formula is C23H37NO10. The van der Waals surface area contributed by atoms with Gasteiger partial charge in [0.2, 0.25) is 0 Å². The van der Waals surface area contributed by atoms with Crippen LogP contribution in [0, 0.1) is 22.7 Å². The molecule has 12 atom stereocenters. The van der Waals surface area contributed by atoms with Crippen LogP contribution in [-0.2, 0) is 19.1 Å². The lowest BCUT2D eigenvalue weighted by Gasteiger charge is -2.67. The highest BCUT2D eigenvalue weighted by Crippen LogP contribution is 2.62. The first-order chi connectivity index (χ1) is 15.5. The number of nitrogens with two attached hydrogens (primary N) is 1. The molecule has 1 aliphatic heterocycles. The molecule has 1 unspecified atom stereocenters. The van der Waals surface area contributed by atoms with Gasteiger partial charge in [0.15, 0.2) is 11.9 Å². The van der Waals surface area contributed by atoms with Crippen LogP contribution < -0.4 is 5.73 Å². The molecule has 2 bridgehead atoms. The van der Waals surface area contributed by atoms with Gasteiger partial charge in [-0.2, -0.15) is 0 Å². The Morgan fingerprint density at radius 1 is 1.18 bits per heavy atom. The van der Waals surface area contributed by atoms with Crippen LogP contribution in [0.1, 0.15) is 47.0 Å². The summed E-state index contributed by atoms with van der Waals surface area (Å²) >= 11 is 0. The van der Waals surface area contributed by atoms with Crippen molar-refractivity contribution in [2.24, 2.45) is 28.4 Å². The summed E-state index contributed by atoms with van der Waals surface area (Å²) in [6.07, 6.45) is -8.63. The van der Waals surface area contributed by atoms with Gasteiger partial charge < -0.3 is 45.8 Å². The lowest BCUT2D eigenvalue weighted by molar-refractivity contribution is -0.352. The monoisotopic (exact) mass is 487 g/mol. The van der Waals surface area contributed by atoms with E-state index >= 15 is 0 Å². The van der Waals surface area contributed by atoms with Crippen molar-refractivity contribution in [1.82, 2.24) is 0 Å². The number of fused-ring (bicyclic) bond motifs is 5. The number of aliphatic hydroxyl groups is 6. The van der Waals surface area contributed by atoms with Crippen molar-refractivity contribution in [3.05, 3.63) is 0 Å². The van der Waals surface area contributed by atoms with Gasteiger partial charge in [0.25, 0.3) is 0 Å². The van der Waals surface area contributed by atoms with Gasteiger partial charge in [-0.05, 0) is 20.3 Å². The molecule has 4 rings (SSSR count). The normalized spacial score (nSPS) is 51.6. The molecule has 8 N–H and O–H groups in total. The summed E-state index contributed by atoms with van der Waals surface area (Å²) in [6.45, 7) is 5.83. The Kier molecular flexibility index (Phi) is 6.02. The molecule has 3 saturated carbocycles. The molecule has 34 heavy (non-hydrogen) atoms. The predicted molar refractivity (Wildman–Crippen MR) is 115 cm³/mol. The van der Waals surface area contributed by atoms with E-state index in [9.17, 15) is 40.2 Å². The second kappa shape index (κ2) is 7.91. The number of hydrogen-bond donors (Lipinski definition) is 7. The molecule has 0 aromatic carbocycles. The quantitative estimate of drug-likeness (QED) is 0.209. The molecule has 11 heteroatoms. The Hall–Kier alpha value is -1.18. The topological polar surface area (TPSA) is 200 Å². The maximum Gasteiger partial charge on any atom is 0.336 e. The van der Waals surface area contributed by atoms with E-state index in [1.54, 1.807) is 13.8 Å². The predicted octanol–water partition coefficient (Wildman–Crippen LogP) is -2.40. The first kappa shape index (κ1) is 25.9. The van der Waals surface area contributed by atoms with Crippen LogP contribution in [-0.4, -0.2) is 103 Å². The third-order valence-electron chi connectivity index (χ3n) is 9.49. The molecule has 4 fully saturated rings. The Labute approximate surface area is 197 Å². The van der Waals surface area contributed by atoms with E-state index in [1.165, 1.54) is 13.8 Å². The van der Waals surface area contributed by atoms with E-state index in [4.69, 9.17) is 15.2 Å². The second-order valence-corrected chi connectivity index (χ2v) is 11.6. The number of carbonyl (C=O) groups excluding carboxylic acids is 2. The fraction of sp³-hybridized carbons (Fsp3) is 0.913. The van der Waals surface area contributed by atoms with Gasteiger partial charge in [0, 0.05) is 36.1 Å². The average Bonchev–Trinajstić information content (AvgIpc) is 2.75. The van der Waals surface area contributed by atoms with Gasteiger partial charge in [-0.1, -0.05) is 13.8 Å². The van der Waals surface area contributed by atoms with Crippen molar-refractivity contribution in [3.8, 4) is 0 Å². The van der Waals surface area contributed by atoms with Crippen LogP contribution in [0.25, 0.3) is 0 Å². The zero-order valence-corrected chi connectivity index (χ0v) is 19.9. The molecule has 0 radical (unpaired) electrons. The lowest BCUT2D eigenvalue weighted by Crippen LogP contribution is -2.81. The summed E-state index contributed by atoms with van der Waals surface area (Å²) < 4.78 is 10.8. The molecular weight excluding hydrogens is 450 g/mol. The van der Waals surface area contributed by atoms with Crippen molar-refractivity contribution >= 4 is 11.8 Å². The van der Waals surface area contributed by atoms with Crippen molar-refractivity contribution in [1.29, 1.82) is 0 Å². The van der Waals surface area contributed by atoms with Gasteiger partial charge in [0.05, 0.1) is 35.9 Å². The number of Topliss-reactive ketones (excluding diaryl/α,β-unsaturated/α-hetero) is 1. The summed E-state index contributed by atoms with van der Waals surface area (Å²) in [4.78, 5) is 26.1. The molecule has 0 aromatic rings. The summed E-state index contributed by atoms with van der Waals surface area (Å²) in [6, 6.07) is -0.909. The second-order valence-electron chi connectivity index (χ2n) is 11.6. The minimum atomic E-state index is -2.04. The van der Waals surface area contributed by atoms with E-state index < -0.39 is 88.3 Å². The number of ketones is 1. The van der Waals surface area contributed by atoms with E-state index in [2.05, 4.69) is 0 Å². The highest BCUT2D eigenvalue weighted by molar-refractivity contribution is 5.90. The SMILES string of the molecule is C[C@H](N)[C@@H](O)C(=O)O[C@@H]1CC2[C@@H](O)C(=O)[C@@]3(C)[C@H]([C@H](O)[C@](O)(C1)C2(C)C)[C@]1(O)CO[C@@H]1C[C@@H]3O. The number of rotatable bonds is 3. The average molecular weight is 488 g/mol. The van der Waals surface area contributed by atoms with Gasteiger partial charge in [-0.25, -0.2) is 4.79 Å². The Bertz CT molecular complexity index is 865. The zero-order chi connectivity index (χ0) is 25.6. The van der Waals surface area contributed by atoms with Crippen LogP contribution in [0.3, 0.4) is 0 Å². The fourth-order valence-electron chi connectivity index (χ4n) is 6.96. The van der Waals surface area contributed by atoms with Crippen LogP contribution in [0.15, 0.2) is 0 Å². The molecule has 1 saturated heterocycles. The molecule has 0 spiro atoms. The van der Waals surface area contributed by atoms with Crippen molar-refractivity contribution < 1.29 is 49.7 Å². The largest absolute Gasteiger partial charge is 0.460 e. The highest BCUT2D eigenvalue weighted by Gasteiger charge is 2.75. The van der Waals surface area contributed by atoms with Crippen molar-refractivity contribution in [2.45, 2.75) is 101 Å². The number of aliphatic hydroxyl groups excluding tert-OH is 4. The van der Waals surface area contributed by atoms with Crippen molar-refractivity contribution in [2.75, 3.05) is 6.61 Å². The first-order valence-corrected chi connectivity index (χ1v) is 11.8. The molecule has 0 aromatic heterocycles. The van der Waals surface area contributed by atoms with Crippen LogP contribution in [0.4, 0.5) is 0 Å². The van der Waals surface area contributed by atoms with Gasteiger partial charge in [-0.15, -0.1) is 0 Å². The van der Waals surface area contributed by atoms with E-state index in [0.717, 1.165) is 0 Å². The Morgan fingerprint density at radius 2 is 1.79 bits per heavy atom. The van der Waals surface area contributed by atoms with E-state index in [0.29, 0.717) is 0 Å². The number of carbonyl (C=O) groups is 2. The molecule has 11 nitrogen and oxygen atoms in total. The fourth-order valence-corrected chi connectivity index (χ4v) is 6.96. The zero-order valence-electron chi connectivity index (χ0n) is 19.9. The smallest absolute Gasteiger partial charge is 0.336 e. The maximum atomic E-state index is 13.7. The Morgan fingerprint density at radius 3 is 2.32 bits per heavy atom. The van der Waals surface area contributed by atoms with Gasteiger partial charge >= 0.3 is 5.97 Å². The number of esters is 1. The van der Waals surface area contributed by atoms with E-state index in [1.807, 2.05) is 0 Å². The third-order valence-corrected chi connectivity index (χ3v) is 9.49. The van der Waals surface area contributed by atoms with Crippen molar-refractivity contribution in [3.63, 3.8) is 0 Å². The molecule has 4 aliphatic rings. The van der Waals surface area contributed by atoms with Gasteiger partial charge in [-0.3, -0.25) is 4.79 Å². The summed E-state index contributed by atoms with van der Waals surface area (Å²) in [5.74, 6) is -4.10. The summed E-state index contributed by atoms with van der Waals surface area (Å²) in [7, 11) is 0. The number of hydrogen-bond acceptors (Lipinski definition) is 11. The minimum absolute atomic E-state index is 0.0286. The summed E-state index contributed by atoms with van der Waals surface area (Å²) in [5.41, 5.74) is -1.20. The van der Waals surface area contributed by atoms with Crippen LogP contribution in [0.2, 0.25) is 0 Å². The maximum absolute atomic E-state index is 13.7. The van der Waals surface area contributed by atoms with Crippen LogP contribution in [0.5, 0.6) is 0 Å². The third kappa shape index (κ3) is 3.18. The molecule has 3 aliphatic carbocycles. The van der Waals surface area contributed by atoms with Crippen LogP contribution >= 0.6 is 0 Å². The standard InChI is InChI=1S/C23H37NO10/c1-9(24)14(26)19(30)34-10-5-11-15(27)17(28)21(4)12(25)6-13-22(31,8-33-13)16(21)18(29)23(32,7-10)20(11,2)3/h9-16,18,25-27,29,31-32H,5-8,24H2,1-4H3/t9-,10+,11?,12-,13+,14+,15+,16-,18-,21+,22-,23+/m0/s1. The van der Waals surface area contributed by atoms with Gasteiger partial charge in [0.1, 0.15) is 17.8 Å². The first-order valence-electron chi connectivity index (χ1n) is 11.8. The summed E-state index contributed by atoms with van der Waals surface area (Å²) in [5, 5.41) is 67.4. The molecule has 194 valence electrons.